The molecule has 19 heavy (non-hydrogen) atoms. The van der Waals surface area contributed by atoms with Crippen LogP contribution in [0.3, 0.4) is 0 Å². The number of alkyl halides is 3. The van der Waals surface area contributed by atoms with E-state index in [9.17, 15) is 13.2 Å². The fraction of sp³-hybridized carbons (Fsp3) is 0.500. The Labute approximate surface area is 109 Å². The van der Waals surface area contributed by atoms with Gasteiger partial charge in [-0.1, -0.05) is 24.3 Å². The molecule has 0 radical (unpaired) electrons. The summed E-state index contributed by atoms with van der Waals surface area (Å²) < 4.78 is 41.5. The molecule has 0 aliphatic carbocycles. The van der Waals surface area contributed by atoms with Crippen molar-refractivity contribution in [3.05, 3.63) is 35.4 Å². The topological polar surface area (TPSA) is 67.5 Å². The maximum atomic E-state index is 12.2. The number of hydrogen-bond acceptors (Lipinski definition) is 4. The number of hydrogen-bond donors (Lipinski definition) is 3. The predicted molar refractivity (Wildman–Crippen MR) is 64.0 cm³/mol. The number of nitrogens with one attached hydrogen (secondary N) is 1. The van der Waals surface area contributed by atoms with Crippen molar-refractivity contribution < 1.29 is 23.0 Å². The lowest BCUT2D eigenvalue weighted by molar-refractivity contribution is -0.215. The third-order valence-electron chi connectivity index (χ3n) is 2.74. The molecule has 0 spiro atoms. The zero-order valence-corrected chi connectivity index (χ0v) is 10.6. The standard InChI is InChI=1S/C12H17F3N2O2/c1-7(17-11(18)12(13,14)15)8-3-5-9(6-4-8)10(16)19-2/h3-7,10-11,17-18H,16H2,1-2H3. The Morgan fingerprint density at radius 3 is 2.11 bits per heavy atom. The average molecular weight is 278 g/mol. The number of halogens is 3. The van der Waals surface area contributed by atoms with Gasteiger partial charge < -0.3 is 15.6 Å². The van der Waals surface area contributed by atoms with E-state index in [-0.39, 0.29) is 0 Å². The summed E-state index contributed by atoms with van der Waals surface area (Å²) >= 11 is 0. The van der Waals surface area contributed by atoms with Crippen LogP contribution < -0.4 is 11.1 Å². The highest BCUT2D eigenvalue weighted by molar-refractivity contribution is 5.25. The molecule has 3 unspecified atom stereocenters. The van der Waals surface area contributed by atoms with Crippen molar-refractivity contribution in [3.63, 3.8) is 0 Å². The van der Waals surface area contributed by atoms with Gasteiger partial charge in [0.1, 0.15) is 6.23 Å². The molecule has 0 aliphatic rings. The first-order valence-corrected chi connectivity index (χ1v) is 5.64. The van der Waals surface area contributed by atoms with E-state index in [1.54, 1.807) is 24.3 Å². The van der Waals surface area contributed by atoms with Gasteiger partial charge in [-0.15, -0.1) is 0 Å². The van der Waals surface area contributed by atoms with Crippen LogP contribution in [0, 0.1) is 0 Å². The maximum Gasteiger partial charge on any atom is 0.427 e. The molecule has 0 saturated heterocycles. The Balaban J connectivity index is 2.70. The lowest BCUT2D eigenvalue weighted by Crippen LogP contribution is -2.43. The van der Waals surface area contributed by atoms with Gasteiger partial charge in [0.05, 0.1) is 0 Å². The van der Waals surface area contributed by atoms with Gasteiger partial charge in [-0.3, -0.25) is 5.32 Å². The lowest BCUT2D eigenvalue weighted by Gasteiger charge is -2.21. The lowest BCUT2D eigenvalue weighted by atomic mass is 10.1. The highest BCUT2D eigenvalue weighted by Gasteiger charge is 2.38. The molecule has 1 aromatic carbocycles. The van der Waals surface area contributed by atoms with Crippen LogP contribution in [0.2, 0.25) is 0 Å². The maximum absolute atomic E-state index is 12.2. The van der Waals surface area contributed by atoms with E-state index in [2.05, 4.69) is 5.32 Å². The van der Waals surface area contributed by atoms with Gasteiger partial charge in [0, 0.05) is 13.2 Å². The van der Waals surface area contributed by atoms with Crippen LogP contribution in [0.1, 0.15) is 30.3 Å². The summed E-state index contributed by atoms with van der Waals surface area (Å²) in [4.78, 5) is 0. The molecule has 4 nitrogen and oxygen atoms in total. The minimum Gasteiger partial charge on any atom is -0.370 e. The van der Waals surface area contributed by atoms with Gasteiger partial charge in [-0.05, 0) is 18.1 Å². The summed E-state index contributed by atoms with van der Waals surface area (Å²) in [6.07, 6.45) is -7.81. The van der Waals surface area contributed by atoms with Crippen LogP contribution in [0.15, 0.2) is 24.3 Å². The Hall–Kier alpha value is -1.15. The highest BCUT2D eigenvalue weighted by atomic mass is 19.4. The van der Waals surface area contributed by atoms with Crippen LogP contribution in [0.4, 0.5) is 13.2 Å². The van der Waals surface area contributed by atoms with Crippen molar-refractivity contribution >= 4 is 0 Å². The zero-order chi connectivity index (χ0) is 14.6. The van der Waals surface area contributed by atoms with Crippen LogP contribution in [0.25, 0.3) is 0 Å². The van der Waals surface area contributed by atoms with E-state index in [0.717, 1.165) is 5.56 Å². The van der Waals surface area contributed by atoms with Crippen molar-refractivity contribution in [3.8, 4) is 0 Å². The second-order valence-electron chi connectivity index (χ2n) is 4.16. The molecular formula is C12H17F3N2O2. The van der Waals surface area contributed by atoms with Gasteiger partial charge in [0.25, 0.3) is 0 Å². The molecular weight excluding hydrogens is 261 g/mol. The van der Waals surface area contributed by atoms with Crippen molar-refractivity contribution in [1.29, 1.82) is 0 Å². The largest absolute Gasteiger partial charge is 0.427 e. The van der Waals surface area contributed by atoms with E-state index in [1.165, 1.54) is 14.0 Å². The average Bonchev–Trinajstić information content (AvgIpc) is 2.36. The summed E-state index contributed by atoms with van der Waals surface area (Å²) in [5.41, 5.74) is 6.96. The van der Waals surface area contributed by atoms with E-state index in [1.807, 2.05) is 0 Å². The fourth-order valence-electron chi connectivity index (χ4n) is 1.54. The third kappa shape index (κ3) is 4.46. The molecule has 1 rings (SSSR count). The second kappa shape index (κ2) is 6.33. The molecule has 1 aromatic rings. The number of rotatable bonds is 5. The minimum atomic E-state index is -4.69. The molecule has 0 aromatic heterocycles. The molecule has 0 bridgehead atoms. The quantitative estimate of drug-likeness (QED) is 0.719. The van der Waals surface area contributed by atoms with Crippen LogP contribution in [-0.2, 0) is 4.74 Å². The number of nitrogens with two attached hydrogens (primary N) is 1. The number of aliphatic hydroxyl groups excluding tert-OH is 1. The third-order valence-corrected chi connectivity index (χ3v) is 2.74. The Morgan fingerprint density at radius 2 is 1.68 bits per heavy atom. The van der Waals surface area contributed by atoms with Crippen molar-refractivity contribution in [2.24, 2.45) is 5.73 Å². The highest BCUT2D eigenvalue weighted by Crippen LogP contribution is 2.22. The molecule has 0 aliphatic heterocycles. The molecule has 0 fully saturated rings. The van der Waals surface area contributed by atoms with E-state index in [4.69, 9.17) is 15.6 Å². The summed E-state index contributed by atoms with van der Waals surface area (Å²) in [6.45, 7) is 1.53. The molecule has 108 valence electrons. The van der Waals surface area contributed by atoms with Gasteiger partial charge in [0.15, 0.2) is 0 Å². The monoisotopic (exact) mass is 278 g/mol. The Morgan fingerprint density at radius 1 is 1.21 bits per heavy atom. The van der Waals surface area contributed by atoms with Gasteiger partial charge in [-0.25, -0.2) is 0 Å². The predicted octanol–water partition coefficient (Wildman–Crippen LogP) is 1.82. The Bertz CT molecular complexity index is 395. The van der Waals surface area contributed by atoms with Crippen LogP contribution >= 0.6 is 0 Å². The summed E-state index contributed by atoms with van der Waals surface area (Å²) in [7, 11) is 1.46. The van der Waals surface area contributed by atoms with Crippen LogP contribution in [-0.4, -0.2) is 24.6 Å². The summed E-state index contributed by atoms with van der Waals surface area (Å²) in [6, 6.07) is 5.96. The van der Waals surface area contributed by atoms with Gasteiger partial charge >= 0.3 is 6.18 Å². The SMILES string of the molecule is COC(N)c1ccc(C(C)NC(O)C(F)(F)F)cc1. The smallest absolute Gasteiger partial charge is 0.370 e. The van der Waals surface area contributed by atoms with Crippen molar-refractivity contribution in [2.45, 2.75) is 31.6 Å². The molecule has 0 heterocycles. The minimum absolute atomic E-state index is 0.571. The second-order valence-corrected chi connectivity index (χ2v) is 4.16. The summed E-state index contributed by atoms with van der Waals surface area (Å²) in [5, 5.41) is 11.0. The molecule has 0 amide bonds. The first-order valence-electron chi connectivity index (χ1n) is 5.64. The first-order chi connectivity index (χ1) is 8.75. The fourth-order valence-corrected chi connectivity index (χ4v) is 1.54. The number of benzene rings is 1. The Kier molecular flexibility index (Phi) is 5.30. The zero-order valence-electron chi connectivity index (χ0n) is 10.6. The normalized spacial score (nSPS) is 17.0. The molecule has 7 heteroatoms. The number of aliphatic hydroxyl groups is 1. The van der Waals surface area contributed by atoms with E-state index in [0.29, 0.717) is 5.56 Å². The van der Waals surface area contributed by atoms with Crippen molar-refractivity contribution in [2.75, 3.05) is 7.11 Å². The summed E-state index contributed by atoms with van der Waals surface area (Å²) in [5.74, 6) is 0. The molecule has 3 atom stereocenters. The van der Waals surface area contributed by atoms with Crippen LogP contribution in [0.5, 0.6) is 0 Å². The number of ether oxygens (including phenoxy) is 1. The van der Waals surface area contributed by atoms with E-state index >= 15 is 0 Å². The molecule has 0 saturated carbocycles. The first kappa shape index (κ1) is 15.9. The van der Waals surface area contributed by atoms with Gasteiger partial charge in [-0.2, -0.15) is 13.2 Å². The van der Waals surface area contributed by atoms with Crippen molar-refractivity contribution in [1.82, 2.24) is 5.32 Å². The van der Waals surface area contributed by atoms with Gasteiger partial charge in [0.2, 0.25) is 6.23 Å². The molecule has 4 N–H and O–H groups in total. The number of methoxy groups -OCH3 is 1. The van der Waals surface area contributed by atoms with E-state index < -0.39 is 24.7 Å².